The molecule has 0 saturated heterocycles. The molecular weight excluding hydrogens is 500 g/mol. The Morgan fingerprint density at radius 2 is 1.85 bits per heavy atom. The minimum absolute atomic E-state index is 0.0302. The SMILES string of the molecule is CC(C)(OCc1nn(Cc2ccccc2)c2ccccc12)C(=O)NCCC(=O)N[C@@H](Cc1cnc[nH]1)C(=O)O. The van der Waals surface area contributed by atoms with Gasteiger partial charge < -0.3 is 25.5 Å². The lowest BCUT2D eigenvalue weighted by molar-refractivity contribution is -0.144. The smallest absolute Gasteiger partial charge is 0.326 e. The molecule has 0 saturated carbocycles. The van der Waals surface area contributed by atoms with Crippen molar-refractivity contribution >= 4 is 28.7 Å². The normalized spacial score (nSPS) is 12.3. The minimum Gasteiger partial charge on any atom is -0.480 e. The van der Waals surface area contributed by atoms with Crippen LogP contribution in [-0.4, -0.2) is 60.8 Å². The van der Waals surface area contributed by atoms with Gasteiger partial charge in [0, 0.05) is 36.7 Å². The van der Waals surface area contributed by atoms with Crippen molar-refractivity contribution in [1.82, 2.24) is 30.4 Å². The molecule has 11 nitrogen and oxygen atoms in total. The fraction of sp³-hybridized carbons (Fsp3) is 0.321. The van der Waals surface area contributed by atoms with Gasteiger partial charge in [0.05, 0.1) is 30.7 Å². The van der Waals surface area contributed by atoms with Gasteiger partial charge in [-0.2, -0.15) is 5.10 Å². The number of carboxylic acids is 1. The molecule has 1 atom stereocenters. The van der Waals surface area contributed by atoms with Gasteiger partial charge in [0.15, 0.2) is 0 Å². The van der Waals surface area contributed by atoms with Crippen molar-refractivity contribution in [3.63, 3.8) is 0 Å². The fourth-order valence-corrected chi connectivity index (χ4v) is 4.08. The van der Waals surface area contributed by atoms with E-state index in [0.717, 1.165) is 22.2 Å². The van der Waals surface area contributed by atoms with Crippen molar-refractivity contribution in [3.05, 3.63) is 84.1 Å². The van der Waals surface area contributed by atoms with E-state index < -0.39 is 29.4 Å². The Morgan fingerprint density at radius 1 is 1.10 bits per heavy atom. The van der Waals surface area contributed by atoms with Crippen LogP contribution in [-0.2, 0) is 38.7 Å². The molecule has 0 aliphatic carbocycles. The maximum Gasteiger partial charge on any atom is 0.326 e. The van der Waals surface area contributed by atoms with Crippen molar-refractivity contribution in [1.29, 1.82) is 0 Å². The second kappa shape index (κ2) is 12.4. The van der Waals surface area contributed by atoms with Crippen LogP contribution in [0.15, 0.2) is 67.1 Å². The first kappa shape index (κ1) is 27.5. The highest BCUT2D eigenvalue weighted by atomic mass is 16.5. The van der Waals surface area contributed by atoms with Crippen molar-refractivity contribution in [2.45, 2.75) is 51.5 Å². The largest absolute Gasteiger partial charge is 0.480 e. The van der Waals surface area contributed by atoms with Crippen LogP contribution in [0.5, 0.6) is 0 Å². The summed E-state index contributed by atoms with van der Waals surface area (Å²) in [5, 5.41) is 20.3. The molecule has 2 amide bonds. The topological polar surface area (TPSA) is 151 Å². The predicted molar refractivity (Wildman–Crippen MR) is 144 cm³/mol. The highest BCUT2D eigenvalue weighted by molar-refractivity contribution is 5.86. The van der Waals surface area contributed by atoms with E-state index >= 15 is 0 Å². The van der Waals surface area contributed by atoms with Crippen LogP contribution in [0.2, 0.25) is 0 Å². The maximum atomic E-state index is 12.8. The summed E-state index contributed by atoms with van der Waals surface area (Å²) in [6.07, 6.45) is 2.93. The first-order valence-electron chi connectivity index (χ1n) is 12.6. The molecule has 4 N–H and O–H groups in total. The zero-order valence-corrected chi connectivity index (χ0v) is 21.9. The molecule has 2 aromatic heterocycles. The van der Waals surface area contributed by atoms with Gasteiger partial charge in [0.2, 0.25) is 5.91 Å². The third-order valence-corrected chi connectivity index (χ3v) is 6.28. The van der Waals surface area contributed by atoms with Gasteiger partial charge >= 0.3 is 5.97 Å². The van der Waals surface area contributed by atoms with Gasteiger partial charge in [-0.05, 0) is 25.5 Å². The number of carboxylic acid groups (broad SMARTS) is 1. The van der Waals surface area contributed by atoms with Crippen LogP contribution < -0.4 is 10.6 Å². The van der Waals surface area contributed by atoms with Crippen LogP contribution in [0.3, 0.4) is 0 Å². The Hall–Kier alpha value is -4.51. The van der Waals surface area contributed by atoms with Crippen LogP contribution in [0.4, 0.5) is 0 Å². The van der Waals surface area contributed by atoms with Gasteiger partial charge in [0.25, 0.3) is 5.91 Å². The van der Waals surface area contributed by atoms with E-state index in [9.17, 15) is 19.5 Å². The molecule has 0 spiro atoms. The van der Waals surface area contributed by atoms with Crippen LogP contribution in [0, 0.1) is 0 Å². The number of amides is 2. The molecular formula is C28H32N6O5. The van der Waals surface area contributed by atoms with Gasteiger partial charge in [-0.1, -0.05) is 48.5 Å². The van der Waals surface area contributed by atoms with E-state index in [1.807, 2.05) is 59.3 Å². The zero-order valence-electron chi connectivity index (χ0n) is 21.9. The van der Waals surface area contributed by atoms with Crippen LogP contribution in [0.1, 0.15) is 37.2 Å². The number of para-hydroxylation sites is 1. The lowest BCUT2D eigenvalue weighted by Crippen LogP contribution is -2.46. The Kier molecular flexibility index (Phi) is 8.72. The van der Waals surface area contributed by atoms with Crippen molar-refractivity contribution in [2.24, 2.45) is 0 Å². The molecule has 11 heteroatoms. The third-order valence-electron chi connectivity index (χ3n) is 6.28. The molecule has 2 heterocycles. The first-order chi connectivity index (χ1) is 18.7. The average molecular weight is 533 g/mol. The second-order valence-corrected chi connectivity index (χ2v) is 9.65. The monoisotopic (exact) mass is 532 g/mol. The molecule has 0 unspecified atom stereocenters. The minimum atomic E-state index is -1.19. The summed E-state index contributed by atoms with van der Waals surface area (Å²) in [7, 11) is 0. The third kappa shape index (κ3) is 7.29. The van der Waals surface area contributed by atoms with E-state index in [2.05, 4.69) is 20.6 Å². The van der Waals surface area contributed by atoms with Gasteiger partial charge in [0.1, 0.15) is 11.6 Å². The number of carbonyl (C=O) groups is 3. The Bertz CT molecular complexity index is 1420. The molecule has 0 radical (unpaired) electrons. The molecule has 39 heavy (non-hydrogen) atoms. The second-order valence-electron chi connectivity index (χ2n) is 9.65. The van der Waals surface area contributed by atoms with Gasteiger partial charge in [-0.15, -0.1) is 0 Å². The average Bonchev–Trinajstić information content (AvgIpc) is 3.56. The fourth-order valence-electron chi connectivity index (χ4n) is 4.08. The highest BCUT2D eigenvalue weighted by Crippen LogP contribution is 2.22. The molecule has 204 valence electrons. The number of fused-ring (bicyclic) bond motifs is 1. The number of nitrogens with zero attached hydrogens (tertiary/aromatic N) is 3. The standard InChI is InChI=1S/C28H32N6O5/c1-28(2,27(38)30-13-12-25(35)32-22(26(36)37)14-20-15-29-18-31-20)39-17-23-21-10-6-7-11-24(21)34(33-23)16-19-8-4-3-5-9-19/h3-11,15,18,22H,12-14,16-17H2,1-2H3,(H,29,31)(H,30,38)(H,32,35)(H,36,37)/t22-/m0/s1. The van der Waals surface area contributed by atoms with E-state index in [0.29, 0.717) is 12.2 Å². The Balaban J connectivity index is 1.30. The number of carbonyl (C=O) groups excluding carboxylic acids is 2. The number of aromatic nitrogens is 4. The number of imidazole rings is 1. The van der Waals surface area contributed by atoms with E-state index in [1.165, 1.54) is 12.5 Å². The number of hydrogen-bond acceptors (Lipinski definition) is 6. The maximum absolute atomic E-state index is 12.8. The summed E-state index contributed by atoms with van der Waals surface area (Å²) in [5.41, 5.74) is 2.22. The molecule has 0 fully saturated rings. The van der Waals surface area contributed by atoms with E-state index in [1.54, 1.807) is 13.8 Å². The van der Waals surface area contributed by atoms with Gasteiger partial charge in [-0.3, -0.25) is 14.3 Å². The molecule has 4 rings (SSSR count). The number of aromatic amines is 1. The number of aliphatic carboxylic acids is 1. The summed E-state index contributed by atoms with van der Waals surface area (Å²) in [6, 6.07) is 16.8. The van der Waals surface area contributed by atoms with Crippen molar-refractivity contribution in [2.75, 3.05) is 6.54 Å². The number of rotatable bonds is 13. The lowest BCUT2D eigenvalue weighted by Gasteiger charge is -2.24. The number of ether oxygens (including phenoxy) is 1. The summed E-state index contributed by atoms with van der Waals surface area (Å²) in [5.74, 6) is -2.04. The zero-order chi connectivity index (χ0) is 27.8. The number of nitrogens with one attached hydrogen (secondary N) is 3. The van der Waals surface area contributed by atoms with Gasteiger partial charge in [-0.25, -0.2) is 9.78 Å². The Labute approximate surface area is 225 Å². The quantitative estimate of drug-likeness (QED) is 0.206. The van der Waals surface area contributed by atoms with E-state index in [-0.39, 0.29) is 26.0 Å². The first-order valence-corrected chi connectivity index (χ1v) is 12.6. The van der Waals surface area contributed by atoms with Crippen LogP contribution >= 0.6 is 0 Å². The predicted octanol–water partition coefficient (Wildman–Crippen LogP) is 2.42. The number of H-pyrrole nitrogens is 1. The molecule has 0 bridgehead atoms. The molecule has 0 aliphatic heterocycles. The Morgan fingerprint density at radius 3 is 2.56 bits per heavy atom. The summed E-state index contributed by atoms with van der Waals surface area (Å²) in [6.45, 7) is 4.06. The molecule has 0 aliphatic rings. The molecule has 2 aromatic carbocycles. The van der Waals surface area contributed by atoms with Crippen molar-refractivity contribution < 1.29 is 24.2 Å². The summed E-state index contributed by atoms with van der Waals surface area (Å²) >= 11 is 0. The number of benzene rings is 2. The summed E-state index contributed by atoms with van der Waals surface area (Å²) in [4.78, 5) is 43.3. The van der Waals surface area contributed by atoms with Crippen molar-refractivity contribution in [3.8, 4) is 0 Å². The van der Waals surface area contributed by atoms with Crippen LogP contribution in [0.25, 0.3) is 10.9 Å². The number of hydrogen-bond donors (Lipinski definition) is 4. The highest BCUT2D eigenvalue weighted by Gasteiger charge is 2.29. The van der Waals surface area contributed by atoms with E-state index in [4.69, 9.17) is 9.84 Å². The molecule has 4 aromatic rings. The summed E-state index contributed by atoms with van der Waals surface area (Å²) < 4.78 is 7.91. The lowest BCUT2D eigenvalue weighted by atomic mass is 10.1.